The van der Waals surface area contributed by atoms with Gasteiger partial charge < -0.3 is 5.32 Å². The minimum Gasteiger partial charge on any atom is -0.352 e. The van der Waals surface area contributed by atoms with E-state index in [0.29, 0.717) is 18.7 Å². The number of carbonyl (C=O) groups is 1. The number of halogens is 1. The standard InChI is InChI=1S/C22H23FN2O3S/c1-29(27,28)25(21-12-10-20(23)11-13-21)14-4-7-22(26)24-16-17-8-9-18-5-2-3-6-19(18)15-17/h2-3,5-6,8-13,15H,4,7,14,16H2,1H3,(H,24,26). The molecule has 0 radical (unpaired) electrons. The molecule has 0 bridgehead atoms. The Morgan fingerprint density at radius 3 is 2.38 bits per heavy atom. The third-order valence-corrected chi connectivity index (χ3v) is 5.78. The Kier molecular flexibility index (Phi) is 6.49. The van der Waals surface area contributed by atoms with Crippen molar-refractivity contribution in [3.05, 3.63) is 78.1 Å². The third-order valence-electron chi connectivity index (χ3n) is 4.58. The molecule has 1 amide bonds. The molecule has 0 aromatic heterocycles. The van der Waals surface area contributed by atoms with Crippen LogP contribution in [0.15, 0.2) is 66.7 Å². The van der Waals surface area contributed by atoms with E-state index in [2.05, 4.69) is 5.32 Å². The first-order valence-electron chi connectivity index (χ1n) is 9.30. The number of fused-ring (bicyclic) bond motifs is 1. The zero-order valence-electron chi connectivity index (χ0n) is 16.1. The SMILES string of the molecule is CS(=O)(=O)N(CCCC(=O)NCc1ccc2ccccc2c1)c1ccc(F)cc1. The topological polar surface area (TPSA) is 66.5 Å². The van der Waals surface area contributed by atoms with E-state index in [0.717, 1.165) is 22.6 Å². The van der Waals surface area contributed by atoms with Gasteiger partial charge in [0.05, 0.1) is 11.9 Å². The molecule has 0 spiro atoms. The predicted molar refractivity (Wildman–Crippen MR) is 114 cm³/mol. The molecular weight excluding hydrogens is 391 g/mol. The van der Waals surface area contributed by atoms with Crippen LogP contribution in [0.2, 0.25) is 0 Å². The summed E-state index contributed by atoms with van der Waals surface area (Å²) in [5.74, 6) is -0.582. The summed E-state index contributed by atoms with van der Waals surface area (Å²) >= 11 is 0. The molecule has 5 nitrogen and oxygen atoms in total. The van der Waals surface area contributed by atoms with Gasteiger partial charge in [-0.2, -0.15) is 0 Å². The van der Waals surface area contributed by atoms with Gasteiger partial charge in [-0.15, -0.1) is 0 Å². The highest BCUT2D eigenvalue weighted by Crippen LogP contribution is 2.19. The quantitative estimate of drug-likeness (QED) is 0.609. The maximum Gasteiger partial charge on any atom is 0.232 e. The highest BCUT2D eigenvalue weighted by molar-refractivity contribution is 7.92. The molecule has 29 heavy (non-hydrogen) atoms. The number of hydrogen-bond acceptors (Lipinski definition) is 3. The smallest absolute Gasteiger partial charge is 0.232 e. The second-order valence-electron chi connectivity index (χ2n) is 6.87. The molecule has 0 saturated carbocycles. The molecule has 0 heterocycles. The molecule has 0 aliphatic heterocycles. The molecule has 1 N–H and O–H groups in total. The van der Waals surface area contributed by atoms with E-state index in [-0.39, 0.29) is 18.9 Å². The fourth-order valence-electron chi connectivity index (χ4n) is 3.11. The highest BCUT2D eigenvalue weighted by atomic mass is 32.2. The van der Waals surface area contributed by atoms with Gasteiger partial charge in [-0.05, 0) is 53.1 Å². The van der Waals surface area contributed by atoms with Crippen molar-refractivity contribution >= 4 is 32.4 Å². The maximum absolute atomic E-state index is 13.1. The minimum atomic E-state index is -3.53. The fourth-order valence-corrected chi connectivity index (χ4v) is 4.08. The second kappa shape index (κ2) is 9.05. The van der Waals surface area contributed by atoms with Crippen LogP contribution in [0, 0.1) is 5.82 Å². The van der Waals surface area contributed by atoms with Gasteiger partial charge >= 0.3 is 0 Å². The van der Waals surface area contributed by atoms with Gasteiger partial charge in [-0.25, -0.2) is 12.8 Å². The molecule has 0 saturated heterocycles. The lowest BCUT2D eigenvalue weighted by molar-refractivity contribution is -0.121. The molecule has 152 valence electrons. The highest BCUT2D eigenvalue weighted by Gasteiger charge is 2.17. The monoisotopic (exact) mass is 414 g/mol. The van der Waals surface area contributed by atoms with Crippen LogP contribution in [-0.4, -0.2) is 27.1 Å². The Morgan fingerprint density at radius 1 is 1.00 bits per heavy atom. The van der Waals surface area contributed by atoms with E-state index in [1.165, 1.54) is 28.6 Å². The molecule has 3 aromatic carbocycles. The first kappa shape index (κ1) is 20.8. The van der Waals surface area contributed by atoms with Gasteiger partial charge in [0.1, 0.15) is 5.82 Å². The summed E-state index contributed by atoms with van der Waals surface area (Å²) in [6.45, 7) is 0.561. The Morgan fingerprint density at radius 2 is 1.69 bits per heavy atom. The van der Waals surface area contributed by atoms with E-state index in [4.69, 9.17) is 0 Å². The number of amides is 1. The van der Waals surface area contributed by atoms with Crippen molar-refractivity contribution in [1.82, 2.24) is 5.32 Å². The van der Waals surface area contributed by atoms with Gasteiger partial charge in [0.25, 0.3) is 0 Å². The molecule has 0 aliphatic rings. The number of nitrogens with one attached hydrogen (secondary N) is 1. The summed E-state index contributed by atoms with van der Waals surface area (Å²) in [6.07, 6.45) is 1.64. The van der Waals surface area contributed by atoms with Crippen LogP contribution in [0.4, 0.5) is 10.1 Å². The molecule has 0 unspecified atom stereocenters. The first-order valence-corrected chi connectivity index (χ1v) is 11.2. The van der Waals surface area contributed by atoms with E-state index < -0.39 is 15.8 Å². The van der Waals surface area contributed by atoms with Crippen molar-refractivity contribution in [1.29, 1.82) is 0 Å². The lowest BCUT2D eigenvalue weighted by Crippen LogP contribution is -2.32. The summed E-state index contributed by atoms with van der Waals surface area (Å²) in [5, 5.41) is 5.12. The second-order valence-corrected chi connectivity index (χ2v) is 8.78. The lowest BCUT2D eigenvalue weighted by atomic mass is 10.1. The Hall–Kier alpha value is -2.93. The molecule has 0 atom stereocenters. The molecule has 7 heteroatoms. The zero-order chi connectivity index (χ0) is 20.9. The normalized spacial score (nSPS) is 11.4. The Labute approximate surface area is 170 Å². The van der Waals surface area contributed by atoms with Crippen molar-refractivity contribution in [3.63, 3.8) is 0 Å². The van der Waals surface area contributed by atoms with Gasteiger partial charge in [0.2, 0.25) is 15.9 Å². The summed E-state index contributed by atoms with van der Waals surface area (Å²) in [4.78, 5) is 12.2. The number of benzene rings is 3. The van der Waals surface area contributed by atoms with Crippen LogP contribution in [0.25, 0.3) is 10.8 Å². The fraction of sp³-hybridized carbons (Fsp3) is 0.227. The predicted octanol–water partition coefficient (Wildman–Crippen LogP) is 3.84. The minimum absolute atomic E-state index is 0.147. The molecule has 3 rings (SSSR count). The first-order chi connectivity index (χ1) is 13.8. The van der Waals surface area contributed by atoms with E-state index in [1.807, 2.05) is 42.5 Å². The largest absolute Gasteiger partial charge is 0.352 e. The number of rotatable bonds is 8. The van der Waals surface area contributed by atoms with Gasteiger partial charge in [-0.3, -0.25) is 9.10 Å². The van der Waals surface area contributed by atoms with Gasteiger partial charge in [0.15, 0.2) is 0 Å². The summed E-state index contributed by atoms with van der Waals surface area (Å²) in [5.41, 5.74) is 1.38. The Bertz CT molecular complexity index is 1100. The van der Waals surface area contributed by atoms with Crippen LogP contribution < -0.4 is 9.62 Å². The van der Waals surface area contributed by atoms with Crippen LogP contribution in [0.3, 0.4) is 0 Å². The van der Waals surface area contributed by atoms with E-state index in [9.17, 15) is 17.6 Å². The number of sulfonamides is 1. The summed E-state index contributed by atoms with van der Waals surface area (Å²) in [6, 6.07) is 19.3. The van der Waals surface area contributed by atoms with Crippen LogP contribution >= 0.6 is 0 Å². The van der Waals surface area contributed by atoms with Crippen molar-refractivity contribution in [2.75, 3.05) is 17.1 Å². The lowest BCUT2D eigenvalue weighted by Gasteiger charge is -2.22. The van der Waals surface area contributed by atoms with Crippen LogP contribution in [0.1, 0.15) is 18.4 Å². The number of carbonyl (C=O) groups excluding carboxylic acids is 1. The number of nitrogens with zero attached hydrogens (tertiary/aromatic N) is 1. The van der Waals surface area contributed by atoms with E-state index >= 15 is 0 Å². The molecule has 0 fully saturated rings. The average molecular weight is 415 g/mol. The molecule has 0 aliphatic carbocycles. The number of anilines is 1. The Balaban J connectivity index is 1.52. The van der Waals surface area contributed by atoms with Gasteiger partial charge in [-0.1, -0.05) is 36.4 Å². The third kappa shape index (κ3) is 5.77. The van der Waals surface area contributed by atoms with Crippen LogP contribution in [0.5, 0.6) is 0 Å². The van der Waals surface area contributed by atoms with Crippen molar-refractivity contribution in [2.45, 2.75) is 19.4 Å². The molecule has 3 aromatic rings. The van der Waals surface area contributed by atoms with E-state index in [1.54, 1.807) is 0 Å². The van der Waals surface area contributed by atoms with Crippen molar-refractivity contribution in [2.24, 2.45) is 0 Å². The molecular formula is C22H23FN2O3S. The summed E-state index contributed by atoms with van der Waals surface area (Å²) in [7, 11) is -3.53. The number of hydrogen-bond donors (Lipinski definition) is 1. The maximum atomic E-state index is 13.1. The zero-order valence-corrected chi connectivity index (χ0v) is 17.0. The van der Waals surface area contributed by atoms with Gasteiger partial charge in [0, 0.05) is 19.5 Å². The van der Waals surface area contributed by atoms with Crippen LogP contribution in [-0.2, 0) is 21.4 Å². The van der Waals surface area contributed by atoms with Crippen molar-refractivity contribution in [3.8, 4) is 0 Å². The summed E-state index contributed by atoms with van der Waals surface area (Å²) < 4.78 is 38.4. The average Bonchev–Trinajstić information content (AvgIpc) is 2.69. The van der Waals surface area contributed by atoms with Crippen molar-refractivity contribution < 1.29 is 17.6 Å².